The van der Waals surface area contributed by atoms with E-state index in [1.165, 1.54) is 5.56 Å². The van der Waals surface area contributed by atoms with Gasteiger partial charge in [-0.05, 0) is 13.0 Å². The summed E-state index contributed by atoms with van der Waals surface area (Å²) in [5.74, 6) is 2.39. The van der Waals surface area contributed by atoms with E-state index >= 15 is 0 Å². The van der Waals surface area contributed by atoms with E-state index in [9.17, 15) is 0 Å². The van der Waals surface area contributed by atoms with Gasteiger partial charge in [0.1, 0.15) is 11.6 Å². The minimum atomic E-state index is 0.125. The van der Waals surface area contributed by atoms with E-state index < -0.39 is 0 Å². The Hall–Kier alpha value is -2.37. The van der Waals surface area contributed by atoms with E-state index in [-0.39, 0.29) is 12.0 Å². The van der Waals surface area contributed by atoms with Crippen molar-refractivity contribution in [3.63, 3.8) is 0 Å². The van der Waals surface area contributed by atoms with Crippen molar-refractivity contribution in [2.45, 2.75) is 32.7 Å². The van der Waals surface area contributed by atoms with Crippen LogP contribution in [0.2, 0.25) is 0 Å². The van der Waals surface area contributed by atoms with Crippen LogP contribution in [0, 0.1) is 6.92 Å². The van der Waals surface area contributed by atoms with Gasteiger partial charge in [0.15, 0.2) is 0 Å². The SMILES string of the molecule is CCc1nc(N)nc(N[C@@H]2CCOc3ccc(C)cc32)n1. The van der Waals surface area contributed by atoms with Crippen molar-refractivity contribution < 1.29 is 4.74 Å². The molecular formula is C15H19N5O. The van der Waals surface area contributed by atoms with Gasteiger partial charge in [-0.25, -0.2) is 0 Å². The Morgan fingerprint density at radius 3 is 3.00 bits per heavy atom. The molecular weight excluding hydrogens is 266 g/mol. The third kappa shape index (κ3) is 2.89. The zero-order chi connectivity index (χ0) is 14.8. The third-order valence-corrected chi connectivity index (χ3v) is 3.52. The molecule has 1 atom stereocenters. The van der Waals surface area contributed by atoms with Crippen LogP contribution in [-0.4, -0.2) is 21.6 Å². The van der Waals surface area contributed by atoms with Crippen LogP contribution in [0.1, 0.15) is 36.3 Å². The quantitative estimate of drug-likeness (QED) is 0.899. The monoisotopic (exact) mass is 285 g/mol. The van der Waals surface area contributed by atoms with Crippen LogP contribution in [0.15, 0.2) is 18.2 Å². The largest absolute Gasteiger partial charge is 0.493 e. The Morgan fingerprint density at radius 1 is 1.33 bits per heavy atom. The Morgan fingerprint density at radius 2 is 2.19 bits per heavy atom. The minimum Gasteiger partial charge on any atom is -0.493 e. The van der Waals surface area contributed by atoms with Gasteiger partial charge in [0.2, 0.25) is 11.9 Å². The number of rotatable bonds is 3. The first-order valence-corrected chi connectivity index (χ1v) is 7.16. The van der Waals surface area contributed by atoms with Gasteiger partial charge in [-0.15, -0.1) is 0 Å². The van der Waals surface area contributed by atoms with Crippen LogP contribution in [0.3, 0.4) is 0 Å². The fourth-order valence-electron chi connectivity index (χ4n) is 2.48. The molecule has 0 radical (unpaired) electrons. The summed E-state index contributed by atoms with van der Waals surface area (Å²) in [4.78, 5) is 12.7. The average molecular weight is 285 g/mol. The molecule has 2 aromatic rings. The second kappa shape index (κ2) is 5.55. The number of aromatic nitrogens is 3. The summed E-state index contributed by atoms with van der Waals surface area (Å²) >= 11 is 0. The van der Waals surface area contributed by atoms with Crippen molar-refractivity contribution in [1.82, 2.24) is 15.0 Å². The van der Waals surface area contributed by atoms with Crippen molar-refractivity contribution in [2.24, 2.45) is 0 Å². The standard InChI is InChI=1S/C15H19N5O/c1-3-13-18-14(16)20-15(19-13)17-11-6-7-21-12-5-4-9(2)8-10(11)12/h4-5,8,11H,3,6-7H2,1-2H3,(H3,16,17,18,19,20)/t11-/m1/s1. The maximum absolute atomic E-state index is 5.73. The van der Waals surface area contributed by atoms with Crippen LogP contribution < -0.4 is 15.8 Å². The number of nitrogens with two attached hydrogens (primary N) is 1. The molecule has 1 aromatic carbocycles. The lowest BCUT2D eigenvalue weighted by atomic mass is 9.99. The van der Waals surface area contributed by atoms with Crippen LogP contribution in [0.4, 0.5) is 11.9 Å². The second-order valence-electron chi connectivity index (χ2n) is 5.16. The molecule has 0 spiro atoms. The summed E-state index contributed by atoms with van der Waals surface area (Å²) in [7, 11) is 0. The molecule has 2 heterocycles. The molecule has 0 saturated heterocycles. The molecule has 6 nitrogen and oxygen atoms in total. The van der Waals surface area contributed by atoms with Gasteiger partial charge in [0, 0.05) is 18.4 Å². The molecule has 1 aromatic heterocycles. The molecule has 6 heteroatoms. The van der Waals surface area contributed by atoms with Crippen LogP contribution in [0.5, 0.6) is 5.75 Å². The highest BCUT2D eigenvalue weighted by atomic mass is 16.5. The Labute approximate surface area is 123 Å². The maximum atomic E-state index is 5.73. The smallest absolute Gasteiger partial charge is 0.228 e. The topological polar surface area (TPSA) is 86.0 Å². The number of nitrogen functional groups attached to an aromatic ring is 1. The number of hydrogen-bond donors (Lipinski definition) is 2. The van der Waals surface area contributed by atoms with Crippen LogP contribution >= 0.6 is 0 Å². The van der Waals surface area contributed by atoms with E-state index in [2.05, 4.69) is 39.3 Å². The van der Waals surface area contributed by atoms with Gasteiger partial charge in [-0.3, -0.25) is 0 Å². The Balaban J connectivity index is 1.90. The minimum absolute atomic E-state index is 0.125. The molecule has 0 amide bonds. The van der Waals surface area contributed by atoms with Crippen molar-refractivity contribution in [3.05, 3.63) is 35.2 Å². The molecule has 3 N–H and O–H groups in total. The van der Waals surface area contributed by atoms with E-state index in [1.807, 2.05) is 13.0 Å². The number of nitrogens with zero attached hydrogens (tertiary/aromatic N) is 3. The molecule has 21 heavy (non-hydrogen) atoms. The van der Waals surface area contributed by atoms with E-state index in [0.717, 1.165) is 24.2 Å². The normalized spacial score (nSPS) is 17.0. The highest BCUT2D eigenvalue weighted by Crippen LogP contribution is 2.34. The van der Waals surface area contributed by atoms with E-state index in [4.69, 9.17) is 10.5 Å². The first-order chi connectivity index (χ1) is 10.2. The highest BCUT2D eigenvalue weighted by Gasteiger charge is 2.22. The zero-order valence-corrected chi connectivity index (χ0v) is 12.3. The molecule has 110 valence electrons. The number of anilines is 2. The first kappa shape index (κ1) is 13.6. The van der Waals surface area contributed by atoms with Gasteiger partial charge >= 0.3 is 0 Å². The van der Waals surface area contributed by atoms with Gasteiger partial charge in [0.05, 0.1) is 12.6 Å². The van der Waals surface area contributed by atoms with Gasteiger partial charge in [-0.1, -0.05) is 24.6 Å². The third-order valence-electron chi connectivity index (χ3n) is 3.52. The van der Waals surface area contributed by atoms with Crippen LogP contribution in [0.25, 0.3) is 0 Å². The summed E-state index contributed by atoms with van der Waals surface area (Å²) < 4.78 is 5.70. The number of benzene rings is 1. The lowest BCUT2D eigenvalue weighted by molar-refractivity contribution is 0.274. The molecule has 0 unspecified atom stereocenters. The van der Waals surface area contributed by atoms with Crippen molar-refractivity contribution in [3.8, 4) is 5.75 Å². The summed E-state index contributed by atoms with van der Waals surface area (Å²) in [6, 6.07) is 6.33. The predicted octanol–water partition coefficient (Wildman–Crippen LogP) is 2.26. The van der Waals surface area contributed by atoms with E-state index in [1.54, 1.807) is 0 Å². The summed E-state index contributed by atoms with van der Waals surface area (Å²) in [5.41, 5.74) is 8.07. The van der Waals surface area contributed by atoms with Crippen molar-refractivity contribution in [2.75, 3.05) is 17.7 Å². The average Bonchev–Trinajstić information content (AvgIpc) is 2.47. The van der Waals surface area contributed by atoms with Gasteiger partial charge < -0.3 is 15.8 Å². The van der Waals surface area contributed by atoms with E-state index in [0.29, 0.717) is 18.4 Å². The van der Waals surface area contributed by atoms with Gasteiger partial charge in [-0.2, -0.15) is 15.0 Å². The lowest BCUT2D eigenvalue weighted by Crippen LogP contribution is -2.22. The molecule has 0 saturated carbocycles. The zero-order valence-electron chi connectivity index (χ0n) is 12.3. The molecule has 0 bridgehead atoms. The Bertz CT molecular complexity index is 659. The molecule has 3 rings (SSSR count). The first-order valence-electron chi connectivity index (χ1n) is 7.16. The number of ether oxygens (including phenoxy) is 1. The van der Waals surface area contributed by atoms with Gasteiger partial charge in [0.25, 0.3) is 0 Å². The number of fused-ring (bicyclic) bond motifs is 1. The lowest BCUT2D eigenvalue weighted by Gasteiger charge is -2.27. The van der Waals surface area contributed by atoms with Crippen molar-refractivity contribution in [1.29, 1.82) is 0 Å². The highest BCUT2D eigenvalue weighted by molar-refractivity contribution is 5.44. The summed E-state index contributed by atoms with van der Waals surface area (Å²) in [6.45, 7) is 4.74. The maximum Gasteiger partial charge on any atom is 0.228 e. The molecule has 0 fully saturated rings. The summed E-state index contributed by atoms with van der Waals surface area (Å²) in [5, 5.41) is 3.36. The molecule has 1 aliphatic rings. The van der Waals surface area contributed by atoms with Crippen molar-refractivity contribution >= 4 is 11.9 Å². The molecule has 0 aliphatic carbocycles. The fourth-order valence-corrected chi connectivity index (χ4v) is 2.48. The summed E-state index contributed by atoms with van der Waals surface area (Å²) in [6.07, 6.45) is 1.59. The predicted molar refractivity (Wildman–Crippen MR) is 81.3 cm³/mol. The fraction of sp³-hybridized carbons (Fsp3) is 0.400. The Kier molecular flexibility index (Phi) is 3.60. The number of aryl methyl sites for hydroxylation is 2. The number of nitrogens with one attached hydrogen (secondary N) is 1. The molecule has 1 aliphatic heterocycles. The number of hydrogen-bond acceptors (Lipinski definition) is 6. The second-order valence-corrected chi connectivity index (χ2v) is 5.16. The van der Waals surface area contributed by atoms with Crippen LogP contribution in [-0.2, 0) is 6.42 Å².